The molecular formula is C14H22N4O2. The number of hydrogen-bond acceptors (Lipinski definition) is 6. The second-order valence-electron chi connectivity index (χ2n) is 4.82. The van der Waals surface area contributed by atoms with Gasteiger partial charge in [0.2, 0.25) is 5.95 Å². The van der Waals surface area contributed by atoms with Crippen molar-refractivity contribution < 1.29 is 9.47 Å². The lowest BCUT2D eigenvalue weighted by Gasteiger charge is -2.37. The zero-order chi connectivity index (χ0) is 14.4. The number of hydrogen-bond donors (Lipinski definition) is 1. The van der Waals surface area contributed by atoms with E-state index in [9.17, 15) is 0 Å². The van der Waals surface area contributed by atoms with E-state index in [0.717, 1.165) is 19.5 Å². The Morgan fingerprint density at radius 2 is 2.40 bits per heavy atom. The summed E-state index contributed by atoms with van der Waals surface area (Å²) in [5.74, 6) is 1.42. The van der Waals surface area contributed by atoms with Crippen LogP contribution in [0.2, 0.25) is 0 Å². The SMILES string of the molecule is C=C[C@H]1CN(c2nccc(N)n2)CC[C@@H]1OCCOC. The van der Waals surface area contributed by atoms with Gasteiger partial charge in [-0.3, -0.25) is 0 Å². The van der Waals surface area contributed by atoms with Crippen LogP contribution in [0, 0.1) is 5.92 Å². The summed E-state index contributed by atoms with van der Waals surface area (Å²) in [5, 5.41) is 0. The fraction of sp³-hybridized carbons (Fsp3) is 0.571. The van der Waals surface area contributed by atoms with E-state index >= 15 is 0 Å². The first-order chi connectivity index (χ1) is 9.74. The molecule has 2 N–H and O–H groups in total. The molecule has 20 heavy (non-hydrogen) atoms. The second-order valence-corrected chi connectivity index (χ2v) is 4.82. The van der Waals surface area contributed by atoms with Gasteiger partial charge < -0.3 is 20.1 Å². The van der Waals surface area contributed by atoms with Gasteiger partial charge in [-0.1, -0.05) is 6.08 Å². The molecule has 1 saturated heterocycles. The first-order valence-corrected chi connectivity index (χ1v) is 6.81. The highest BCUT2D eigenvalue weighted by Gasteiger charge is 2.29. The molecule has 0 amide bonds. The normalized spacial score (nSPS) is 22.8. The molecule has 0 spiro atoms. The maximum absolute atomic E-state index is 5.85. The highest BCUT2D eigenvalue weighted by Crippen LogP contribution is 2.24. The van der Waals surface area contributed by atoms with Gasteiger partial charge in [-0.05, 0) is 12.5 Å². The fourth-order valence-corrected chi connectivity index (χ4v) is 2.37. The van der Waals surface area contributed by atoms with Crippen molar-refractivity contribution in [2.75, 3.05) is 44.0 Å². The van der Waals surface area contributed by atoms with Crippen LogP contribution in [0.5, 0.6) is 0 Å². The Labute approximate surface area is 119 Å². The summed E-state index contributed by atoms with van der Waals surface area (Å²) in [4.78, 5) is 10.7. The number of ether oxygens (including phenoxy) is 2. The number of aromatic nitrogens is 2. The van der Waals surface area contributed by atoms with Gasteiger partial charge >= 0.3 is 0 Å². The van der Waals surface area contributed by atoms with Crippen LogP contribution in [-0.4, -0.2) is 49.5 Å². The summed E-state index contributed by atoms with van der Waals surface area (Å²) in [5.41, 5.74) is 5.70. The summed E-state index contributed by atoms with van der Waals surface area (Å²) in [6.45, 7) is 6.78. The number of rotatable bonds is 6. The minimum Gasteiger partial charge on any atom is -0.384 e. The van der Waals surface area contributed by atoms with E-state index in [1.165, 1.54) is 0 Å². The minimum absolute atomic E-state index is 0.181. The molecule has 0 radical (unpaired) electrons. The van der Waals surface area contributed by atoms with Crippen molar-refractivity contribution >= 4 is 11.8 Å². The van der Waals surface area contributed by atoms with Crippen LogP contribution in [0.3, 0.4) is 0 Å². The summed E-state index contributed by atoms with van der Waals surface area (Å²) < 4.78 is 10.9. The summed E-state index contributed by atoms with van der Waals surface area (Å²) in [6.07, 6.45) is 4.72. The van der Waals surface area contributed by atoms with Crippen molar-refractivity contribution in [3.05, 3.63) is 24.9 Å². The highest BCUT2D eigenvalue weighted by molar-refractivity contribution is 5.38. The van der Waals surface area contributed by atoms with Gasteiger partial charge in [-0.25, -0.2) is 4.98 Å². The minimum atomic E-state index is 0.181. The Kier molecular flexibility index (Phi) is 5.31. The molecule has 0 bridgehead atoms. The van der Waals surface area contributed by atoms with Crippen LogP contribution in [-0.2, 0) is 9.47 Å². The molecule has 0 aromatic carbocycles. The Morgan fingerprint density at radius 3 is 3.10 bits per heavy atom. The van der Waals surface area contributed by atoms with Crippen LogP contribution in [0.4, 0.5) is 11.8 Å². The van der Waals surface area contributed by atoms with Gasteiger partial charge in [0.15, 0.2) is 0 Å². The average molecular weight is 278 g/mol. The number of piperidine rings is 1. The van der Waals surface area contributed by atoms with Gasteiger partial charge in [-0.15, -0.1) is 6.58 Å². The van der Waals surface area contributed by atoms with Crippen molar-refractivity contribution in [1.82, 2.24) is 9.97 Å². The number of methoxy groups -OCH3 is 1. The standard InChI is InChI=1S/C14H22N4O2/c1-3-11-10-18(14-16-6-4-13(15)17-14)7-5-12(11)20-9-8-19-2/h3-4,6,11-12H,1,5,7-10H2,2H3,(H2,15,16,17)/t11-,12-/m0/s1. The van der Waals surface area contributed by atoms with Crippen molar-refractivity contribution in [2.24, 2.45) is 5.92 Å². The molecule has 6 heteroatoms. The maximum atomic E-state index is 5.85. The number of nitrogens with two attached hydrogens (primary N) is 1. The lowest BCUT2D eigenvalue weighted by Crippen LogP contribution is -2.44. The summed E-state index contributed by atoms with van der Waals surface area (Å²) in [6, 6.07) is 1.69. The van der Waals surface area contributed by atoms with Gasteiger partial charge in [0, 0.05) is 32.3 Å². The molecule has 0 aliphatic carbocycles. The zero-order valence-electron chi connectivity index (χ0n) is 11.9. The number of anilines is 2. The van der Waals surface area contributed by atoms with E-state index in [-0.39, 0.29) is 12.0 Å². The van der Waals surface area contributed by atoms with Crippen molar-refractivity contribution in [3.8, 4) is 0 Å². The Balaban J connectivity index is 1.96. The molecule has 1 aromatic rings. The third-order valence-corrected chi connectivity index (χ3v) is 3.46. The van der Waals surface area contributed by atoms with Crippen LogP contribution >= 0.6 is 0 Å². The third-order valence-electron chi connectivity index (χ3n) is 3.46. The van der Waals surface area contributed by atoms with E-state index in [2.05, 4.69) is 21.4 Å². The van der Waals surface area contributed by atoms with Crippen molar-refractivity contribution in [1.29, 1.82) is 0 Å². The average Bonchev–Trinajstić information content (AvgIpc) is 2.47. The van der Waals surface area contributed by atoms with Gasteiger partial charge in [0.25, 0.3) is 0 Å². The van der Waals surface area contributed by atoms with Crippen LogP contribution in [0.1, 0.15) is 6.42 Å². The van der Waals surface area contributed by atoms with E-state index in [1.807, 2.05) is 6.08 Å². The maximum Gasteiger partial charge on any atom is 0.227 e. The first kappa shape index (κ1) is 14.7. The lowest BCUT2D eigenvalue weighted by molar-refractivity contribution is -0.0114. The molecule has 2 rings (SSSR count). The molecule has 110 valence electrons. The predicted molar refractivity (Wildman–Crippen MR) is 78.6 cm³/mol. The predicted octanol–water partition coefficient (Wildman–Crippen LogP) is 1.10. The monoisotopic (exact) mass is 278 g/mol. The molecule has 2 heterocycles. The zero-order valence-corrected chi connectivity index (χ0v) is 11.9. The number of nitrogens with zero attached hydrogens (tertiary/aromatic N) is 3. The molecule has 1 fully saturated rings. The van der Waals surface area contributed by atoms with Crippen LogP contribution in [0.15, 0.2) is 24.9 Å². The molecule has 2 atom stereocenters. The van der Waals surface area contributed by atoms with Crippen molar-refractivity contribution in [2.45, 2.75) is 12.5 Å². The van der Waals surface area contributed by atoms with Gasteiger partial charge in [0.1, 0.15) is 5.82 Å². The highest BCUT2D eigenvalue weighted by atomic mass is 16.5. The fourth-order valence-electron chi connectivity index (χ4n) is 2.37. The summed E-state index contributed by atoms with van der Waals surface area (Å²) in [7, 11) is 1.67. The Bertz CT molecular complexity index is 441. The van der Waals surface area contributed by atoms with E-state index in [1.54, 1.807) is 19.4 Å². The molecule has 1 aromatic heterocycles. The molecule has 1 aliphatic heterocycles. The Morgan fingerprint density at radius 1 is 1.55 bits per heavy atom. The van der Waals surface area contributed by atoms with Crippen molar-refractivity contribution in [3.63, 3.8) is 0 Å². The third kappa shape index (κ3) is 3.68. The quantitative estimate of drug-likeness (QED) is 0.620. The topological polar surface area (TPSA) is 73.5 Å². The molecule has 6 nitrogen and oxygen atoms in total. The van der Waals surface area contributed by atoms with E-state index in [4.69, 9.17) is 15.2 Å². The smallest absolute Gasteiger partial charge is 0.227 e. The molecule has 0 unspecified atom stereocenters. The molecule has 1 aliphatic rings. The van der Waals surface area contributed by atoms with E-state index in [0.29, 0.717) is 25.0 Å². The first-order valence-electron chi connectivity index (χ1n) is 6.81. The van der Waals surface area contributed by atoms with Crippen LogP contribution < -0.4 is 10.6 Å². The lowest BCUT2D eigenvalue weighted by atomic mass is 9.95. The molecular weight excluding hydrogens is 256 g/mol. The van der Waals surface area contributed by atoms with E-state index < -0.39 is 0 Å². The Hall–Kier alpha value is -1.66. The largest absolute Gasteiger partial charge is 0.384 e. The van der Waals surface area contributed by atoms with Gasteiger partial charge in [0.05, 0.1) is 19.3 Å². The van der Waals surface area contributed by atoms with Crippen LogP contribution in [0.25, 0.3) is 0 Å². The molecule has 0 saturated carbocycles. The second kappa shape index (κ2) is 7.21. The number of nitrogen functional groups attached to an aromatic ring is 1. The summed E-state index contributed by atoms with van der Waals surface area (Å²) >= 11 is 0. The van der Waals surface area contributed by atoms with Gasteiger partial charge in [-0.2, -0.15) is 4.98 Å².